The highest BCUT2D eigenvalue weighted by atomic mass is 32.1. The van der Waals surface area contributed by atoms with Gasteiger partial charge in [0, 0.05) is 35.9 Å². The van der Waals surface area contributed by atoms with Gasteiger partial charge in [0.15, 0.2) is 0 Å². The van der Waals surface area contributed by atoms with Crippen LogP contribution in [0.3, 0.4) is 0 Å². The number of nitrogens with zero attached hydrogens (tertiary/aromatic N) is 1. The van der Waals surface area contributed by atoms with E-state index in [1.807, 2.05) is 11.4 Å². The summed E-state index contributed by atoms with van der Waals surface area (Å²) in [5.74, 6) is 5.88. The molecule has 2 amide bonds. The third-order valence-corrected chi connectivity index (χ3v) is 4.04. The number of hydrogen-bond acceptors (Lipinski definition) is 4. The summed E-state index contributed by atoms with van der Waals surface area (Å²) >= 11 is 1.58. The van der Waals surface area contributed by atoms with Gasteiger partial charge in [0.25, 0.3) is 0 Å². The van der Waals surface area contributed by atoms with Crippen molar-refractivity contribution in [3.63, 3.8) is 0 Å². The summed E-state index contributed by atoms with van der Waals surface area (Å²) in [4.78, 5) is 14.8. The Balaban J connectivity index is 1.83. The van der Waals surface area contributed by atoms with Gasteiger partial charge >= 0.3 is 6.03 Å². The fourth-order valence-electron chi connectivity index (χ4n) is 1.99. The Morgan fingerprint density at radius 1 is 1.67 bits per heavy atom. The van der Waals surface area contributed by atoms with Crippen LogP contribution in [0.1, 0.15) is 23.3 Å². The zero-order valence-corrected chi connectivity index (χ0v) is 12.9. The van der Waals surface area contributed by atoms with E-state index in [4.69, 9.17) is 9.84 Å². The standard InChI is InChI=1S/C15H20N2O3S/c1-17(15(19)16-13-5-7-20-10-13)9-14-8-12(11-21-14)4-2-3-6-18/h8,11,13,18H,3,5-7,9-10H2,1H3,(H,16,19). The highest BCUT2D eigenvalue weighted by molar-refractivity contribution is 7.10. The molecular weight excluding hydrogens is 288 g/mol. The Hall–Kier alpha value is -1.55. The zero-order valence-electron chi connectivity index (χ0n) is 12.1. The maximum Gasteiger partial charge on any atom is 0.317 e. The molecule has 1 aliphatic rings. The van der Waals surface area contributed by atoms with E-state index in [0.29, 0.717) is 19.6 Å². The molecule has 114 valence electrons. The monoisotopic (exact) mass is 308 g/mol. The number of thiophene rings is 1. The zero-order chi connectivity index (χ0) is 15.1. The lowest BCUT2D eigenvalue weighted by Gasteiger charge is -2.19. The molecule has 2 heterocycles. The molecule has 0 saturated carbocycles. The van der Waals surface area contributed by atoms with Crippen LogP contribution >= 0.6 is 11.3 Å². The second-order valence-electron chi connectivity index (χ2n) is 4.94. The van der Waals surface area contributed by atoms with E-state index in [9.17, 15) is 4.79 Å². The summed E-state index contributed by atoms with van der Waals surface area (Å²) in [6.07, 6.45) is 1.36. The summed E-state index contributed by atoms with van der Waals surface area (Å²) in [5, 5.41) is 13.6. The number of amides is 2. The van der Waals surface area contributed by atoms with E-state index in [0.717, 1.165) is 23.5 Å². The molecule has 5 nitrogen and oxygen atoms in total. The molecule has 2 N–H and O–H groups in total. The van der Waals surface area contributed by atoms with Crippen LogP contribution in [0.5, 0.6) is 0 Å². The van der Waals surface area contributed by atoms with Gasteiger partial charge in [0.05, 0.1) is 25.8 Å². The Kier molecular flexibility index (Phi) is 6.05. The second-order valence-corrected chi connectivity index (χ2v) is 5.94. The Labute approximate surface area is 128 Å². The van der Waals surface area contributed by atoms with E-state index in [1.165, 1.54) is 0 Å². The lowest BCUT2D eigenvalue weighted by atomic mass is 10.2. The normalized spacial score (nSPS) is 17.1. The number of aliphatic hydroxyl groups is 1. The predicted octanol–water partition coefficient (Wildman–Crippen LogP) is 1.41. The Bertz CT molecular complexity index is 527. The second kappa shape index (κ2) is 8.03. The molecule has 1 aromatic heterocycles. The van der Waals surface area contributed by atoms with E-state index in [-0.39, 0.29) is 18.7 Å². The molecule has 0 radical (unpaired) electrons. The number of urea groups is 1. The summed E-state index contributed by atoms with van der Waals surface area (Å²) in [7, 11) is 1.78. The summed E-state index contributed by atoms with van der Waals surface area (Å²) in [5.41, 5.74) is 0.932. The minimum atomic E-state index is -0.0770. The quantitative estimate of drug-likeness (QED) is 0.827. The average Bonchev–Trinajstić information content (AvgIpc) is 3.11. The van der Waals surface area contributed by atoms with Crippen LogP contribution in [0, 0.1) is 11.8 Å². The topological polar surface area (TPSA) is 61.8 Å². The Morgan fingerprint density at radius 3 is 3.24 bits per heavy atom. The lowest BCUT2D eigenvalue weighted by Crippen LogP contribution is -2.42. The number of carbonyl (C=O) groups excluding carboxylic acids is 1. The molecule has 1 unspecified atom stereocenters. The molecule has 0 aliphatic carbocycles. The molecule has 1 atom stereocenters. The van der Waals surface area contributed by atoms with Crippen molar-refractivity contribution < 1.29 is 14.6 Å². The van der Waals surface area contributed by atoms with Crippen molar-refractivity contribution in [1.29, 1.82) is 0 Å². The van der Waals surface area contributed by atoms with E-state index in [2.05, 4.69) is 17.2 Å². The van der Waals surface area contributed by atoms with Crippen LogP contribution in [-0.4, -0.2) is 48.9 Å². The van der Waals surface area contributed by atoms with Crippen LogP contribution < -0.4 is 5.32 Å². The van der Waals surface area contributed by atoms with Crippen molar-refractivity contribution in [2.75, 3.05) is 26.9 Å². The van der Waals surface area contributed by atoms with E-state index < -0.39 is 0 Å². The number of rotatable bonds is 4. The Morgan fingerprint density at radius 2 is 2.52 bits per heavy atom. The molecule has 1 saturated heterocycles. The molecule has 0 bridgehead atoms. The van der Waals surface area contributed by atoms with Gasteiger partial charge in [-0.15, -0.1) is 11.3 Å². The van der Waals surface area contributed by atoms with Gasteiger partial charge in [-0.2, -0.15) is 0 Å². The predicted molar refractivity (Wildman–Crippen MR) is 82.1 cm³/mol. The molecule has 21 heavy (non-hydrogen) atoms. The fraction of sp³-hybridized carbons (Fsp3) is 0.533. The first kappa shape index (κ1) is 15.8. The highest BCUT2D eigenvalue weighted by Crippen LogP contribution is 2.16. The number of aliphatic hydroxyl groups excluding tert-OH is 1. The van der Waals surface area contributed by atoms with Gasteiger partial charge in [0.2, 0.25) is 0 Å². The van der Waals surface area contributed by atoms with Crippen molar-refractivity contribution in [3.8, 4) is 11.8 Å². The minimum absolute atomic E-state index is 0.0770. The van der Waals surface area contributed by atoms with Gasteiger partial charge in [-0.1, -0.05) is 11.8 Å². The minimum Gasteiger partial charge on any atom is -0.395 e. The maximum atomic E-state index is 12.0. The number of hydrogen-bond donors (Lipinski definition) is 2. The fourth-order valence-corrected chi connectivity index (χ4v) is 2.86. The first-order chi connectivity index (χ1) is 10.2. The smallest absolute Gasteiger partial charge is 0.317 e. The molecule has 6 heteroatoms. The first-order valence-electron chi connectivity index (χ1n) is 6.95. The SMILES string of the molecule is CN(Cc1cc(C#CCCO)cs1)C(=O)NC1CCOC1. The van der Waals surface area contributed by atoms with Crippen LogP contribution in [0.2, 0.25) is 0 Å². The largest absolute Gasteiger partial charge is 0.395 e. The van der Waals surface area contributed by atoms with E-state index in [1.54, 1.807) is 23.3 Å². The van der Waals surface area contributed by atoms with Crippen molar-refractivity contribution in [3.05, 3.63) is 21.9 Å². The average molecular weight is 308 g/mol. The number of ether oxygens (including phenoxy) is 1. The molecule has 0 spiro atoms. The third-order valence-electron chi connectivity index (χ3n) is 3.12. The van der Waals surface area contributed by atoms with Gasteiger partial charge < -0.3 is 20.1 Å². The third kappa shape index (κ3) is 5.05. The van der Waals surface area contributed by atoms with Crippen molar-refractivity contribution in [1.82, 2.24) is 10.2 Å². The molecule has 1 aromatic rings. The van der Waals surface area contributed by atoms with Gasteiger partial charge in [-0.05, 0) is 12.5 Å². The maximum absolute atomic E-state index is 12.0. The van der Waals surface area contributed by atoms with Crippen molar-refractivity contribution in [2.24, 2.45) is 0 Å². The van der Waals surface area contributed by atoms with E-state index >= 15 is 0 Å². The molecular formula is C15H20N2O3S. The summed E-state index contributed by atoms with van der Waals surface area (Å²) in [6, 6.07) is 2.03. The van der Waals surface area contributed by atoms with Gasteiger partial charge in [0.1, 0.15) is 0 Å². The van der Waals surface area contributed by atoms with Crippen LogP contribution in [0.15, 0.2) is 11.4 Å². The molecule has 0 aromatic carbocycles. The van der Waals surface area contributed by atoms with Gasteiger partial charge in [-0.25, -0.2) is 4.79 Å². The highest BCUT2D eigenvalue weighted by Gasteiger charge is 2.19. The van der Waals surface area contributed by atoms with Crippen LogP contribution in [0.4, 0.5) is 4.79 Å². The molecule has 1 aliphatic heterocycles. The molecule has 2 rings (SSSR count). The summed E-state index contributed by atoms with van der Waals surface area (Å²) in [6.45, 7) is 1.96. The lowest BCUT2D eigenvalue weighted by molar-refractivity contribution is 0.181. The number of carbonyl (C=O) groups is 1. The van der Waals surface area contributed by atoms with Crippen LogP contribution in [0.25, 0.3) is 0 Å². The number of nitrogens with one attached hydrogen (secondary N) is 1. The van der Waals surface area contributed by atoms with Crippen LogP contribution in [-0.2, 0) is 11.3 Å². The van der Waals surface area contributed by atoms with Gasteiger partial charge in [-0.3, -0.25) is 0 Å². The summed E-state index contributed by atoms with van der Waals surface area (Å²) < 4.78 is 5.24. The first-order valence-corrected chi connectivity index (χ1v) is 7.83. The molecule has 1 fully saturated rings. The van der Waals surface area contributed by atoms with Crippen molar-refractivity contribution in [2.45, 2.75) is 25.4 Å². The van der Waals surface area contributed by atoms with Crippen molar-refractivity contribution >= 4 is 17.4 Å².